The van der Waals surface area contributed by atoms with E-state index in [0.29, 0.717) is 45.6 Å². The van der Waals surface area contributed by atoms with Crippen molar-refractivity contribution in [2.24, 2.45) is 0 Å². The van der Waals surface area contributed by atoms with Gasteiger partial charge in [0, 0.05) is 24.2 Å². The molecule has 4 aromatic rings. The maximum atomic E-state index is 13.4. The van der Waals surface area contributed by atoms with Gasteiger partial charge in [0.15, 0.2) is 5.82 Å². The average molecular weight is 525 g/mol. The lowest BCUT2D eigenvalue weighted by Gasteiger charge is -2.17. The first-order chi connectivity index (χ1) is 17.9. The van der Waals surface area contributed by atoms with Crippen molar-refractivity contribution in [2.75, 3.05) is 31.5 Å². The molecule has 0 radical (unpaired) electrons. The number of likely N-dealkylation sites (N-methyl/N-ethyl adjacent to an activating group) is 1. The number of H-pyrrole nitrogens is 1. The number of amides is 1. The first-order valence-electron chi connectivity index (χ1n) is 12.2. The molecule has 4 rings (SSSR count). The fourth-order valence-corrected chi connectivity index (χ4v) is 4.34. The Morgan fingerprint density at radius 1 is 1.19 bits per heavy atom. The maximum absolute atomic E-state index is 13.4. The number of benzene rings is 2. The smallest absolute Gasteiger partial charge is 0.268 e. The number of ether oxygens (including phenoxy) is 1. The Kier molecular flexibility index (Phi) is 8.58. The molecule has 0 aliphatic rings. The summed E-state index contributed by atoms with van der Waals surface area (Å²) in [4.78, 5) is 18.3. The van der Waals surface area contributed by atoms with Gasteiger partial charge in [-0.05, 0) is 61.5 Å². The van der Waals surface area contributed by atoms with Crippen molar-refractivity contribution < 1.29 is 13.9 Å². The van der Waals surface area contributed by atoms with Gasteiger partial charge >= 0.3 is 0 Å². The van der Waals surface area contributed by atoms with E-state index >= 15 is 0 Å². The van der Waals surface area contributed by atoms with Crippen LogP contribution < -0.4 is 15.4 Å². The third-order valence-electron chi connectivity index (χ3n) is 6.17. The highest BCUT2D eigenvalue weighted by atomic mass is 35.5. The molecule has 2 heterocycles. The average Bonchev–Trinajstić information content (AvgIpc) is 3.23. The predicted molar refractivity (Wildman–Crippen MR) is 144 cm³/mol. The van der Waals surface area contributed by atoms with Crippen LogP contribution >= 0.6 is 11.6 Å². The molecule has 0 atom stereocenters. The van der Waals surface area contributed by atoms with Crippen LogP contribution in [0.5, 0.6) is 5.75 Å². The summed E-state index contributed by atoms with van der Waals surface area (Å²) in [6, 6.07) is 11.5. The second-order valence-corrected chi connectivity index (χ2v) is 8.99. The van der Waals surface area contributed by atoms with E-state index in [2.05, 4.69) is 44.6 Å². The Bertz CT molecular complexity index is 1390. The predicted octanol–water partition coefficient (Wildman–Crippen LogP) is 5.45. The number of carbonyl (C=O) groups excluding carboxylic acids is 1. The van der Waals surface area contributed by atoms with Crippen LogP contribution in [0.25, 0.3) is 10.9 Å². The number of aromatic amines is 1. The van der Waals surface area contributed by atoms with E-state index in [-0.39, 0.29) is 18.3 Å². The lowest BCUT2D eigenvalue weighted by molar-refractivity contribution is 0.0944. The fourth-order valence-electron chi connectivity index (χ4n) is 4.10. The van der Waals surface area contributed by atoms with Crippen molar-refractivity contribution in [1.82, 2.24) is 25.4 Å². The number of nitrogens with one attached hydrogen (secondary N) is 3. The zero-order valence-electron chi connectivity index (χ0n) is 21.1. The number of nitrogens with zero attached hydrogens (tertiary/aromatic N) is 3. The number of halogens is 2. The molecule has 8 nitrogen and oxygen atoms in total. The molecular formula is C27H30ClFN6O2. The second kappa shape index (κ2) is 12.0. The molecule has 3 N–H and O–H groups in total. The van der Waals surface area contributed by atoms with Gasteiger partial charge in [0.25, 0.3) is 5.91 Å². The molecule has 0 bridgehead atoms. The highest BCUT2D eigenvalue weighted by Crippen LogP contribution is 2.32. The van der Waals surface area contributed by atoms with Gasteiger partial charge in [-0.1, -0.05) is 37.6 Å². The summed E-state index contributed by atoms with van der Waals surface area (Å²) in [6.45, 7) is 9.49. The van der Waals surface area contributed by atoms with Crippen LogP contribution in [-0.2, 0) is 6.61 Å². The van der Waals surface area contributed by atoms with E-state index in [1.54, 1.807) is 36.5 Å². The fraction of sp³-hybridized carbons (Fsp3) is 0.296. The molecule has 194 valence electrons. The first-order valence-corrected chi connectivity index (χ1v) is 12.6. The van der Waals surface area contributed by atoms with Gasteiger partial charge in [-0.15, -0.1) is 5.10 Å². The molecule has 1 amide bonds. The Hall–Kier alpha value is -3.69. The van der Waals surface area contributed by atoms with Crippen LogP contribution in [0.1, 0.15) is 35.5 Å². The zero-order valence-corrected chi connectivity index (χ0v) is 21.8. The van der Waals surface area contributed by atoms with Crippen molar-refractivity contribution in [3.05, 3.63) is 76.3 Å². The van der Waals surface area contributed by atoms with Crippen LogP contribution in [0, 0.1) is 12.7 Å². The largest absolute Gasteiger partial charge is 0.487 e. The minimum Gasteiger partial charge on any atom is -0.487 e. The van der Waals surface area contributed by atoms with E-state index in [1.165, 1.54) is 12.1 Å². The minimum absolute atomic E-state index is 0.172. The molecular weight excluding hydrogens is 495 g/mol. The molecule has 0 aliphatic carbocycles. The number of aryl methyl sites for hydroxylation is 1. The summed E-state index contributed by atoms with van der Waals surface area (Å²) in [5, 5.41) is 15.7. The Labute approximate surface area is 220 Å². The van der Waals surface area contributed by atoms with Crippen molar-refractivity contribution >= 4 is 39.9 Å². The zero-order chi connectivity index (χ0) is 26.4. The number of hydrogen-bond acceptors (Lipinski definition) is 6. The monoisotopic (exact) mass is 524 g/mol. The number of rotatable bonds is 11. The highest BCUT2D eigenvalue weighted by molar-refractivity contribution is 6.32. The third-order valence-corrected chi connectivity index (χ3v) is 6.47. The second-order valence-electron chi connectivity index (χ2n) is 8.58. The van der Waals surface area contributed by atoms with Crippen molar-refractivity contribution in [2.45, 2.75) is 27.4 Å². The molecule has 0 saturated carbocycles. The van der Waals surface area contributed by atoms with Crippen molar-refractivity contribution in [3.8, 4) is 5.75 Å². The lowest BCUT2D eigenvalue weighted by Crippen LogP contribution is -2.35. The number of fused-ring (bicyclic) bond motifs is 1. The molecule has 37 heavy (non-hydrogen) atoms. The van der Waals surface area contributed by atoms with Gasteiger partial charge in [0.05, 0.1) is 16.7 Å². The number of anilines is 2. The van der Waals surface area contributed by atoms with Gasteiger partial charge in [0.2, 0.25) is 0 Å². The van der Waals surface area contributed by atoms with Gasteiger partial charge in [-0.25, -0.2) is 4.39 Å². The lowest BCUT2D eigenvalue weighted by atomic mass is 10.1. The van der Waals surface area contributed by atoms with E-state index in [9.17, 15) is 9.18 Å². The first kappa shape index (κ1) is 26.4. The van der Waals surface area contributed by atoms with Crippen LogP contribution in [0.2, 0.25) is 5.02 Å². The van der Waals surface area contributed by atoms with Crippen molar-refractivity contribution in [1.29, 1.82) is 0 Å². The van der Waals surface area contributed by atoms with E-state index in [0.717, 1.165) is 30.6 Å². The number of hydrogen-bond donors (Lipinski definition) is 3. The summed E-state index contributed by atoms with van der Waals surface area (Å²) < 4.78 is 19.2. The quantitative estimate of drug-likeness (QED) is 0.241. The molecule has 0 fully saturated rings. The third kappa shape index (κ3) is 6.36. The number of carbonyl (C=O) groups is 1. The Morgan fingerprint density at radius 3 is 2.73 bits per heavy atom. The summed E-state index contributed by atoms with van der Waals surface area (Å²) >= 11 is 6.44. The van der Waals surface area contributed by atoms with Crippen LogP contribution in [0.15, 0.2) is 48.7 Å². The summed E-state index contributed by atoms with van der Waals surface area (Å²) in [5.74, 6) is 0.484. The topological polar surface area (TPSA) is 95.2 Å². The molecule has 0 saturated heterocycles. The van der Waals surface area contributed by atoms with Crippen LogP contribution in [0.4, 0.5) is 15.9 Å². The molecule has 10 heteroatoms. The van der Waals surface area contributed by atoms with Crippen LogP contribution in [-0.4, -0.2) is 52.2 Å². The Balaban J connectivity index is 1.47. The standard InChI is InChI=1S/C27H30ClFN6O2/c1-4-35(5-2)12-11-30-27(36)25-17(3)24-22(33-25)15-31-34-26(24)32-20-9-10-23(21(28)14-20)37-16-18-7-6-8-19(29)13-18/h6-10,13-15,33H,4-5,11-12,16H2,1-3H3,(H,30,36)(H,32,34). The molecule has 0 spiro atoms. The normalized spacial score (nSPS) is 11.2. The van der Waals surface area contributed by atoms with Crippen molar-refractivity contribution in [3.63, 3.8) is 0 Å². The van der Waals surface area contributed by atoms with Gasteiger partial charge in [-0.3, -0.25) is 4.79 Å². The van der Waals surface area contributed by atoms with Gasteiger partial charge in [-0.2, -0.15) is 5.10 Å². The summed E-state index contributed by atoms with van der Waals surface area (Å²) in [7, 11) is 0. The molecule has 0 unspecified atom stereocenters. The maximum Gasteiger partial charge on any atom is 0.268 e. The van der Waals surface area contributed by atoms with Crippen LogP contribution in [0.3, 0.4) is 0 Å². The highest BCUT2D eigenvalue weighted by Gasteiger charge is 2.18. The molecule has 0 aliphatic heterocycles. The van der Waals surface area contributed by atoms with Gasteiger partial charge in [0.1, 0.15) is 23.9 Å². The molecule has 2 aromatic carbocycles. The van der Waals surface area contributed by atoms with E-state index < -0.39 is 0 Å². The van der Waals surface area contributed by atoms with Gasteiger partial charge < -0.3 is 25.3 Å². The minimum atomic E-state index is -0.317. The SMILES string of the molecule is CCN(CC)CCNC(=O)c1[nH]c2cnnc(Nc3ccc(OCc4cccc(F)c4)c(Cl)c3)c2c1C. The van der Waals surface area contributed by atoms with E-state index in [1.807, 2.05) is 6.92 Å². The summed E-state index contributed by atoms with van der Waals surface area (Å²) in [5.41, 5.74) is 3.33. The Morgan fingerprint density at radius 2 is 2.00 bits per heavy atom. The summed E-state index contributed by atoms with van der Waals surface area (Å²) in [6.07, 6.45) is 1.59. The number of aromatic nitrogens is 3. The van der Waals surface area contributed by atoms with E-state index in [4.69, 9.17) is 16.3 Å². The molecule has 2 aromatic heterocycles.